The van der Waals surface area contributed by atoms with Crippen molar-refractivity contribution in [3.05, 3.63) is 77.2 Å². The first-order valence-corrected chi connectivity index (χ1v) is 10.2. The molecule has 7 heteroatoms. The zero-order chi connectivity index (χ0) is 20.6. The van der Waals surface area contributed by atoms with Gasteiger partial charge in [-0.3, -0.25) is 14.5 Å². The number of carbonyl (C=O) groups excluding carboxylic acids is 2. The van der Waals surface area contributed by atoms with E-state index < -0.39 is 0 Å². The van der Waals surface area contributed by atoms with Gasteiger partial charge in [-0.2, -0.15) is 0 Å². The van der Waals surface area contributed by atoms with Crippen molar-refractivity contribution in [3.8, 4) is 5.75 Å². The highest BCUT2D eigenvalue weighted by Crippen LogP contribution is 2.31. The molecule has 1 heterocycles. The van der Waals surface area contributed by atoms with Gasteiger partial charge in [0.1, 0.15) is 10.1 Å². The van der Waals surface area contributed by atoms with E-state index in [4.69, 9.17) is 17.0 Å². The molecule has 2 aromatic rings. The van der Waals surface area contributed by atoms with Crippen LogP contribution in [-0.4, -0.2) is 34.7 Å². The van der Waals surface area contributed by atoms with E-state index in [1.807, 2.05) is 42.5 Å². The highest BCUT2D eigenvalue weighted by Gasteiger charge is 2.31. The number of nitrogens with one attached hydrogen (secondary N) is 1. The zero-order valence-electron chi connectivity index (χ0n) is 15.8. The molecule has 0 saturated carbocycles. The number of ether oxygens (including phenoxy) is 1. The van der Waals surface area contributed by atoms with Crippen LogP contribution < -0.4 is 10.1 Å². The molecule has 1 aliphatic heterocycles. The fraction of sp³-hybridized carbons (Fsp3) is 0.136. The molecule has 0 unspecified atom stereocenters. The Morgan fingerprint density at radius 1 is 1.21 bits per heavy atom. The summed E-state index contributed by atoms with van der Waals surface area (Å²) in [5.41, 5.74) is 1.69. The van der Waals surface area contributed by atoms with Crippen LogP contribution in [0.25, 0.3) is 6.08 Å². The van der Waals surface area contributed by atoms with Gasteiger partial charge in [0.15, 0.2) is 0 Å². The molecule has 3 rings (SSSR count). The lowest BCUT2D eigenvalue weighted by Crippen LogP contribution is -2.31. The summed E-state index contributed by atoms with van der Waals surface area (Å²) in [6.45, 7) is 0.236. The van der Waals surface area contributed by atoms with Crippen LogP contribution in [0.15, 0.2) is 71.7 Å². The van der Waals surface area contributed by atoms with E-state index in [1.54, 1.807) is 37.5 Å². The molecule has 1 saturated heterocycles. The third-order valence-electron chi connectivity index (χ3n) is 4.13. The molecule has 0 aromatic heterocycles. The van der Waals surface area contributed by atoms with E-state index in [9.17, 15) is 9.59 Å². The second-order valence-corrected chi connectivity index (χ2v) is 7.83. The van der Waals surface area contributed by atoms with Gasteiger partial charge in [0, 0.05) is 24.7 Å². The van der Waals surface area contributed by atoms with Gasteiger partial charge in [0.2, 0.25) is 5.91 Å². The Labute approximate surface area is 179 Å². The maximum atomic E-state index is 12.6. The molecule has 29 heavy (non-hydrogen) atoms. The normalized spacial score (nSPS) is 15.3. The first kappa shape index (κ1) is 20.8. The number of benzene rings is 2. The quantitative estimate of drug-likeness (QED) is 0.525. The second-order valence-electron chi connectivity index (χ2n) is 6.16. The molecule has 2 amide bonds. The Morgan fingerprint density at radius 3 is 2.76 bits per heavy atom. The predicted molar refractivity (Wildman–Crippen MR) is 122 cm³/mol. The number of thiocarbonyl (C=S) groups is 1. The molecular weight excluding hydrogens is 404 g/mol. The Bertz CT molecular complexity index is 971. The Hall–Kier alpha value is -2.90. The van der Waals surface area contributed by atoms with Crippen LogP contribution in [0.4, 0.5) is 5.69 Å². The van der Waals surface area contributed by atoms with Crippen LogP contribution in [0, 0.1) is 0 Å². The third kappa shape index (κ3) is 5.79. The number of amides is 2. The lowest BCUT2D eigenvalue weighted by molar-refractivity contribution is -0.122. The molecule has 1 aliphatic rings. The van der Waals surface area contributed by atoms with E-state index in [-0.39, 0.29) is 24.8 Å². The summed E-state index contributed by atoms with van der Waals surface area (Å²) in [6.07, 6.45) is 5.66. The van der Waals surface area contributed by atoms with E-state index in [1.165, 1.54) is 16.7 Å². The number of allylic oxidation sites excluding steroid dienone is 2. The highest BCUT2D eigenvalue weighted by molar-refractivity contribution is 8.26. The number of thioether (sulfide) groups is 1. The maximum absolute atomic E-state index is 12.6. The molecular formula is C22H20N2O3S2. The number of nitrogens with zero attached hydrogens (tertiary/aromatic N) is 1. The summed E-state index contributed by atoms with van der Waals surface area (Å²) in [7, 11) is 1.57. The first-order chi connectivity index (χ1) is 14.1. The number of rotatable bonds is 7. The molecule has 0 radical (unpaired) electrons. The molecule has 5 nitrogen and oxygen atoms in total. The summed E-state index contributed by atoms with van der Waals surface area (Å²) in [6, 6.07) is 16.9. The molecule has 1 fully saturated rings. The van der Waals surface area contributed by atoms with E-state index in [0.717, 1.165) is 5.56 Å². The van der Waals surface area contributed by atoms with Gasteiger partial charge in [-0.25, -0.2) is 0 Å². The third-order valence-corrected chi connectivity index (χ3v) is 5.52. The minimum Gasteiger partial charge on any atom is -0.497 e. The molecule has 1 N–H and O–H groups in total. The van der Waals surface area contributed by atoms with Gasteiger partial charge < -0.3 is 10.1 Å². The van der Waals surface area contributed by atoms with Gasteiger partial charge in [0.25, 0.3) is 5.91 Å². The van der Waals surface area contributed by atoms with E-state index in [2.05, 4.69) is 5.32 Å². The van der Waals surface area contributed by atoms with Crippen LogP contribution in [0.1, 0.15) is 12.0 Å². The average molecular weight is 425 g/mol. The number of hydrogen-bond acceptors (Lipinski definition) is 5. The smallest absolute Gasteiger partial charge is 0.266 e. The van der Waals surface area contributed by atoms with Crippen LogP contribution in [-0.2, 0) is 9.59 Å². The Morgan fingerprint density at radius 2 is 2.00 bits per heavy atom. The number of anilines is 1. The van der Waals surface area contributed by atoms with Crippen molar-refractivity contribution in [2.24, 2.45) is 0 Å². The highest BCUT2D eigenvalue weighted by atomic mass is 32.2. The Balaban J connectivity index is 1.55. The predicted octanol–water partition coefficient (Wildman–Crippen LogP) is 4.48. The van der Waals surface area contributed by atoms with Crippen LogP contribution in [0.5, 0.6) is 5.75 Å². The fourth-order valence-corrected chi connectivity index (χ4v) is 3.92. The van der Waals surface area contributed by atoms with Crippen LogP contribution in [0.2, 0.25) is 0 Å². The van der Waals surface area contributed by atoms with Crippen molar-refractivity contribution in [3.63, 3.8) is 0 Å². The molecule has 0 aliphatic carbocycles. The SMILES string of the molecule is COc1cccc(NC(=O)CCN2C(=O)/C(=C/C=C/c3ccccc3)SC2=S)c1. The standard InChI is InChI=1S/C22H20N2O3S2/c1-27-18-11-6-10-17(15-18)23-20(25)13-14-24-21(26)19(29-22(24)28)12-5-9-16-7-3-2-4-8-16/h2-12,15H,13-14H2,1H3,(H,23,25)/b9-5+,19-12-. The molecule has 148 valence electrons. The number of carbonyl (C=O) groups is 2. The molecule has 0 spiro atoms. The first-order valence-electron chi connectivity index (χ1n) is 8.98. The lowest BCUT2D eigenvalue weighted by Gasteiger charge is -2.14. The second kappa shape index (κ2) is 10.0. The summed E-state index contributed by atoms with van der Waals surface area (Å²) in [4.78, 5) is 26.8. The number of hydrogen-bond donors (Lipinski definition) is 1. The minimum absolute atomic E-state index is 0.150. The van der Waals surface area contributed by atoms with Gasteiger partial charge >= 0.3 is 0 Å². The number of methoxy groups -OCH3 is 1. The zero-order valence-corrected chi connectivity index (χ0v) is 17.5. The monoisotopic (exact) mass is 424 g/mol. The van der Waals surface area contributed by atoms with Crippen LogP contribution >= 0.6 is 24.0 Å². The summed E-state index contributed by atoms with van der Waals surface area (Å²) < 4.78 is 5.60. The Kier molecular flexibility index (Phi) is 7.21. The van der Waals surface area contributed by atoms with Gasteiger partial charge in [-0.1, -0.05) is 72.5 Å². The summed E-state index contributed by atoms with van der Waals surface area (Å²) >= 11 is 6.55. The fourth-order valence-electron chi connectivity index (χ4n) is 2.66. The minimum atomic E-state index is -0.194. The van der Waals surface area contributed by atoms with Crippen molar-refractivity contribution in [1.29, 1.82) is 0 Å². The molecule has 0 bridgehead atoms. The van der Waals surface area contributed by atoms with Crippen molar-refractivity contribution in [2.45, 2.75) is 6.42 Å². The molecule has 2 aromatic carbocycles. The average Bonchev–Trinajstić information content (AvgIpc) is 3.00. The van der Waals surface area contributed by atoms with Crippen molar-refractivity contribution < 1.29 is 14.3 Å². The topological polar surface area (TPSA) is 58.6 Å². The van der Waals surface area contributed by atoms with Crippen molar-refractivity contribution in [2.75, 3.05) is 19.0 Å². The van der Waals surface area contributed by atoms with Gasteiger partial charge in [0.05, 0.1) is 12.0 Å². The molecule has 0 atom stereocenters. The summed E-state index contributed by atoms with van der Waals surface area (Å²) in [5.74, 6) is 0.292. The van der Waals surface area contributed by atoms with E-state index >= 15 is 0 Å². The van der Waals surface area contributed by atoms with Crippen molar-refractivity contribution in [1.82, 2.24) is 4.90 Å². The van der Waals surface area contributed by atoms with Crippen LogP contribution in [0.3, 0.4) is 0 Å². The van der Waals surface area contributed by atoms with Gasteiger partial charge in [-0.15, -0.1) is 0 Å². The largest absolute Gasteiger partial charge is 0.497 e. The van der Waals surface area contributed by atoms with E-state index in [0.29, 0.717) is 20.7 Å². The maximum Gasteiger partial charge on any atom is 0.266 e. The van der Waals surface area contributed by atoms with Gasteiger partial charge in [-0.05, 0) is 23.8 Å². The van der Waals surface area contributed by atoms with Crippen molar-refractivity contribution >= 4 is 51.9 Å². The lowest BCUT2D eigenvalue weighted by atomic mass is 10.2. The summed E-state index contributed by atoms with van der Waals surface area (Å²) in [5, 5.41) is 2.80.